The predicted octanol–water partition coefficient (Wildman–Crippen LogP) is 2.40. The van der Waals surface area contributed by atoms with Gasteiger partial charge >= 0.3 is 0 Å². The van der Waals surface area contributed by atoms with Gasteiger partial charge in [-0.3, -0.25) is 4.79 Å². The fraction of sp³-hybridized carbons (Fsp3) is 0.562. The maximum absolute atomic E-state index is 11.5. The van der Waals surface area contributed by atoms with E-state index in [1.807, 2.05) is 19.2 Å². The lowest BCUT2D eigenvalue weighted by Gasteiger charge is -2.14. The average molecular weight is 276 g/mol. The summed E-state index contributed by atoms with van der Waals surface area (Å²) in [7, 11) is 1.97. The van der Waals surface area contributed by atoms with Crippen molar-refractivity contribution in [1.82, 2.24) is 10.6 Å². The first-order chi connectivity index (χ1) is 9.72. The van der Waals surface area contributed by atoms with E-state index in [2.05, 4.69) is 29.7 Å². The average Bonchev–Trinajstić information content (AvgIpc) is 3.26. The molecule has 1 fully saturated rings. The van der Waals surface area contributed by atoms with Gasteiger partial charge in [-0.1, -0.05) is 19.1 Å². The Kier molecular flexibility index (Phi) is 5.41. The fourth-order valence-electron chi connectivity index (χ4n) is 2.19. The Bertz CT molecular complexity index is 423. The summed E-state index contributed by atoms with van der Waals surface area (Å²) in [5, 5.41) is 6.23. The quantitative estimate of drug-likeness (QED) is 0.766. The number of hydrogen-bond acceptors (Lipinski definition) is 3. The molecule has 20 heavy (non-hydrogen) atoms. The van der Waals surface area contributed by atoms with Crippen molar-refractivity contribution < 1.29 is 9.53 Å². The summed E-state index contributed by atoms with van der Waals surface area (Å²) >= 11 is 0. The number of benzene rings is 1. The molecule has 0 spiro atoms. The molecule has 2 N–H and O–H groups in total. The minimum atomic E-state index is 0.0883. The molecule has 110 valence electrons. The van der Waals surface area contributed by atoms with Gasteiger partial charge in [-0.25, -0.2) is 0 Å². The summed E-state index contributed by atoms with van der Waals surface area (Å²) in [6.07, 6.45) is 3.72. The highest BCUT2D eigenvalue weighted by molar-refractivity contribution is 5.76. The minimum Gasteiger partial charge on any atom is -0.493 e. The summed E-state index contributed by atoms with van der Waals surface area (Å²) in [6, 6.07) is 8.89. The molecule has 1 amide bonds. The Morgan fingerprint density at radius 3 is 2.60 bits per heavy atom. The number of ether oxygens (including phenoxy) is 1. The van der Waals surface area contributed by atoms with E-state index in [0.717, 1.165) is 25.0 Å². The van der Waals surface area contributed by atoms with Crippen molar-refractivity contribution >= 4 is 5.91 Å². The predicted molar refractivity (Wildman–Crippen MR) is 79.8 cm³/mol. The molecule has 0 saturated heterocycles. The molecule has 0 bridgehead atoms. The molecule has 1 aromatic carbocycles. The molecule has 1 atom stereocenters. The van der Waals surface area contributed by atoms with Gasteiger partial charge in [-0.05, 0) is 44.0 Å². The Labute approximate surface area is 120 Å². The van der Waals surface area contributed by atoms with Crippen molar-refractivity contribution in [3.8, 4) is 5.75 Å². The summed E-state index contributed by atoms with van der Waals surface area (Å²) in [6.45, 7) is 2.59. The van der Waals surface area contributed by atoms with Crippen LogP contribution in [0, 0.1) is 0 Å². The third kappa shape index (κ3) is 4.53. The lowest BCUT2D eigenvalue weighted by Crippen LogP contribution is -2.26. The highest BCUT2D eigenvalue weighted by atomic mass is 16.5. The smallest absolute Gasteiger partial charge is 0.223 e. The van der Waals surface area contributed by atoms with Crippen LogP contribution in [0.15, 0.2) is 24.3 Å². The molecule has 2 rings (SSSR count). The van der Waals surface area contributed by atoms with Crippen LogP contribution < -0.4 is 15.4 Å². The first-order valence-corrected chi connectivity index (χ1v) is 7.42. The van der Waals surface area contributed by atoms with Crippen LogP contribution in [0.2, 0.25) is 0 Å². The van der Waals surface area contributed by atoms with Crippen LogP contribution in [0.3, 0.4) is 0 Å². The van der Waals surface area contributed by atoms with Crippen LogP contribution >= 0.6 is 0 Å². The largest absolute Gasteiger partial charge is 0.493 e. The molecule has 1 unspecified atom stereocenters. The standard InChI is InChI=1S/C16H24N2O2/c1-3-15(17-2)12-4-8-14(9-5-12)20-11-10-16(19)18-13-6-7-13/h4-5,8-9,13,15,17H,3,6-7,10-11H2,1-2H3,(H,18,19). The third-order valence-electron chi connectivity index (χ3n) is 3.58. The van der Waals surface area contributed by atoms with Crippen LogP contribution in [0.1, 0.15) is 44.2 Å². The Morgan fingerprint density at radius 1 is 1.35 bits per heavy atom. The molecule has 4 heteroatoms. The Balaban J connectivity index is 1.74. The second-order valence-corrected chi connectivity index (χ2v) is 5.26. The minimum absolute atomic E-state index is 0.0883. The van der Waals surface area contributed by atoms with E-state index in [1.165, 1.54) is 5.56 Å². The van der Waals surface area contributed by atoms with Crippen molar-refractivity contribution in [3.05, 3.63) is 29.8 Å². The number of amides is 1. The van der Waals surface area contributed by atoms with Crippen LogP contribution in [0.5, 0.6) is 5.75 Å². The van der Waals surface area contributed by atoms with E-state index in [0.29, 0.717) is 25.1 Å². The zero-order valence-corrected chi connectivity index (χ0v) is 12.3. The second kappa shape index (κ2) is 7.29. The molecule has 0 radical (unpaired) electrons. The van der Waals surface area contributed by atoms with Crippen LogP contribution in [0.25, 0.3) is 0 Å². The van der Waals surface area contributed by atoms with Gasteiger partial charge < -0.3 is 15.4 Å². The fourth-order valence-corrected chi connectivity index (χ4v) is 2.19. The molecule has 1 aliphatic carbocycles. The Morgan fingerprint density at radius 2 is 2.05 bits per heavy atom. The summed E-state index contributed by atoms with van der Waals surface area (Å²) in [4.78, 5) is 11.5. The van der Waals surface area contributed by atoms with E-state index >= 15 is 0 Å². The number of hydrogen-bond donors (Lipinski definition) is 2. The van der Waals surface area contributed by atoms with Gasteiger partial charge in [0.2, 0.25) is 5.91 Å². The van der Waals surface area contributed by atoms with Gasteiger partial charge in [0.15, 0.2) is 0 Å². The van der Waals surface area contributed by atoms with E-state index in [-0.39, 0.29) is 5.91 Å². The van der Waals surface area contributed by atoms with E-state index in [1.54, 1.807) is 0 Å². The molecular formula is C16H24N2O2. The molecule has 1 aliphatic rings. The second-order valence-electron chi connectivity index (χ2n) is 5.26. The van der Waals surface area contributed by atoms with Crippen LogP contribution in [0.4, 0.5) is 0 Å². The maximum Gasteiger partial charge on any atom is 0.223 e. The number of carbonyl (C=O) groups is 1. The van der Waals surface area contributed by atoms with Crippen molar-refractivity contribution in [3.63, 3.8) is 0 Å². The van der Waals surface area contributed by atoms with Crippen molar-refractivity contribution in [2.75, 3.05) is 13.7 Å². The summed E-state index contributed by atoms with van der Waals surface area (Å²) in [5.74, 6) is 0.907. The van der Waals surface area contributed by atoms with Gasteiger partial charge in [0.25, 0.3) is 0 Å². The highest BCUT2D eigenvalue weighted by Gasteiger charge is 2.22. The first-order valence-electron chi connectivity index (χ1n) is 7.42. The Hall–Kier alpha value is -1.55. The monoisotopic (exact) mass is 276 g/mol. The summed E-state index contributed by atoms with van der Waals surface area (Å²) < 4.78 is 5.60. The number of nitrogens with one attached hydrogen (secondary N) is 2. The van der Waals surface area contributed by atoms with Gasteiger partial charge in [-0.15, -0.1) is 0 Å². The van der Waals surface area contributed by atoms with E-state index in [9.17, 15) is 4.79 Å². The summed E-state index contributed by atoms with van der Waals surface area (Å²) in [5.41, 5.74) is 1.26. The topological polar surface area (TPSA) is 50.4 Å². The van der Waals surface area contributed by atoms with Gasteiger partial charge in [0.05, 0.1) is 13.0 Å². The van der Waals surface area contributed by atoms with Gasteiger partial charge in [0, 0.05) is 12.1 Å². The molecule has 1 saturated carbocycles. The van der Waals surface area contributed by atoms with E-state index < -0.39 is 0 Å². The molecular weight excluding hydrogens is 252 g/mol. The normalized spacial score (nSPS) is 15.7. The molecule has 0 aromatic heterocycles. The molecule has 1 aromatic rings. The van der Waals surface area contributed by atoms with Crippen molar-refractivity contribution in [2.24, 2.45) is 0 Å². The lowest BCUT2D eigenvalue weighted by molar-refractivity contribution is -0.121. The first kappa shape index (κ1) is 14.9. The lowest BCUT2D eigenvalue weighted by atomic mass is 10.1. The van der Waals surface area contributed by atoms with Gasteiger partial charge in [-0.2, -0.15) is 0 Å². The molecule has 4 nitrogen and oxygen atoms in total. The zero-order valence-electron chi connectivity index (χ0n) is 12.3. The highest BCUT2D eigenvalue weighted by Crippen LogP contribution is 2.20. The maximum atomic E-state index is 11.5. The SMILES string of the molecule is CCC(NC)c1ccc(OCCC(=O)NC2CC2)cc1. The number of rotatable bonds is 8. The van der Waals surface area contributed by atoms with Crippen molar-refractivity contribution in [2.45, 2.75) is 44.7 Å². The van der Waals surface area contributed by atoms with Crippen molar-refractivity contribution in [1.29, 1.82) is 0 Å². The van der Waals surface area contributed by atoms with E-state index in [4.69, 9.17) is 4.74 Å². The van der Waals surface area contributed by atoms with Crippen LogP contribution in [-0.4, -0.2) is 25.6 Å². The third-order valence-corrected chi connectivity index (χ3v) is 3.58. The zero-order chi connectivity index (χ0) is 14.4. The van der Waals surface area contributed by atoms with Gasteiger partial charge in [0.1, 0.15) is 5.75 Å². The molecule has 0 aliphatic heterocycles. The number of carbonyl (C=O) groups excluding carboxylic acids is 1. The van der Waals surface area contributed by atoms with Crippen LogP contribution in [-0.2, 0) is 4.79 Å². The molecule has 0 heterocycles.